The van der Waals surface area contributed by atoms with Gasteiger partial charge in [-0.25, -0.2) is 8.42 Å². The summed E-state index contributed by atoms with van der Waals surface area (Å²) in [5.41, 5.74) is 3.41. The summed E-state index contributed by atoms with van der Waals surface area (Å²) in [5.74, 6) is 7.06. The van der Waals surface area contributed by atoms with E-state index in [0.717, 1.165) is 30.2 Å². The lowest BCUT2D eigenvalue weighted by molar-refractivity contribution is -0.0355. The number of hydrogen-bond donors (Lipinski definition) is 4. The Balaban J connectivity index is 1.59. The van der Waals surface area contributed by atoms with Gasteiger partial charge in [0.1, 0.15) is 17.1 Å². The number of hydrogen-bond acceptors (Lipinski definition) is 8. The number of nitrogens with one attached hydrogen (secondary N) is 1. The van der Waals surface area contributed by atoms with Crippen molar-refractivity contribution < 1.29 is 28.7 Å². The first-order chi connectivity index (χ1) is 14.8. The Morgan fingerprint density at radius 1 is 1.25 bits per heavy atom. The number of rotatable bonds is 7. The van der Waals surface area contributed by atoms with Gasteiger partial charge in [0.25, 0.3) is 0 Å². The topological polar surface area (TPSA) is 128 Å². The standard InChI is InChI=1S/C23H32N2O6S/c1-22(2,27)18-11-16(12-18)6-5-15-7-9-17(10-8-15)20-13-19(31-25-20)14-23(3,21(26)24-28)32(4,29)30/h7-10,16,18-19,21,24,26-28H,11-14H2,1-4H3. The van der Waals surface area contributed by atoms with E-state index in [9.17, 15) is 18.6 Å². The van der Waals surface area contributed by atoms with Crippen molar-refractivity contribution in [3.05, 3.63) is 35.4 Å². The van der Waals surface area contributed by atoms with E-state index in [0.29, 0.717) is 24.0 Å². The molecule has 1 saturated carbocycles. The molecule has 0 bridgehead atoms. The fourth-order valence-corrected chi connectivity index (χ4v) is 4.95. The number of hydroxylamine groups is 1. The van der Waals surface area contributed by atoms with Crippen molar-refractivity contribution >= 4 is 15.5 Å². The Morgan fingerprint density at radius 3 is 2.41 bits per heavy atom. The van der Waals surface area contributed by atoms with Crippen molar-refractivity contribution in [3.63, 3.8) is 0 Å². The van der Waals surface area contributed by atoms with Crippen LogP contribution in [0.25, 0.3) is 0 Å². The highest BCUT2D eigenvalue weighted by molar-refractivity contribution is 7.92. The number of benzene rings is 1. The second-order valence-electron chi connectivity index (χ2n) is 9.66. The monoisotopic (exact) mass is 464 g/mol. The number of oxime groups is 1. The zero-order valence-corrected chi connectivity index (χ0v) is 19.7. The van der Waals surface area contributed by atoms with Crippen molar-refractivity contribution in [3.8, 4) is 11.8 Å². The molecule has 176 valence electrons. The summed E-state index contributed by atoms with van der Waals surface area (Å²) >= 11 is 0. The lowest BCUT2D eigenvalue weighted by Gasteiger charge is -2.40. The lowest BCUT2D eigenvalue weighted by Crippen LogP contribution is -2.54. The van der Waals surface area contributed by atoms with Gasteiger partial charge in [-0.3, -0.25) is 0 Å². The summed E-state index contributed by atoms with van der Waals surface area (Å²) in [5, 5.41) is 33.2. The summed E-state index contributed by atoms with van der Waals surface area (Å²) in [6, 6.07) is 7.61. The molecule has 32 heavy (non-hydrogen) atoms. The molecule has 1 fully saturated rings. The minimum absolute atomic E-state index is 0.0376. The number of aliphatic hydroxyl groups is 2. The maximum absolute atomic E-state index is 12.2. The number of aliphatic hydroxyl groups excluding tert-OH is 1. The predicted octanol–water partition coefficient (Wildman–Crippen LogP) is 1.82. The third kappa shape index (κ3) is 5.33. The van der Waals surface area contributed by atoms with E-state index < -0.39 is 32.5 Å². The largest absolute Gasteiger partial charge is 0.392 e. The van der Waals surface area contributed by atoms with Gasteiger partial charge in [0, 0.05) is 30.6 Å². The molecule has 1 heterocycles. The molecule has 1 aliphatic carbocycles. The molecule has 0 spiro atoms. The van der Waals surface area contributed by atoms with Gasteiger partial charge in [0.05, 0.1) is 11.3 Å². The molecule has 1 aromatic carbocycles. The maximum atomic E-state index is 12.2. The molecule has 3 rings (SSSR count). The Hall–Kier alpha value is -1.96. The Labute approximate surface area is 189 Å². The van der Waals surface area contributed by atoms with E-state index in [4.69, 9.17) is 10.0 Å². The third-order valence-corrected chi connectivity index (χ3v) is 8.77. The van der Waals surface area contributed by atoms with Gasteiger partial charge >= 0.3 is 0 Å². The Kier molecular flexibility index (Phi) is 7.03. The molecule has 9 heteroatoms. The Bertz CT molecular complexity index is 1010. The zero-order chi connectivity index (χ0) is 23.7. The second kappa shape index (κ2) is 9.12. The van der Waals surface area contributed by atoms with Crippen LogP contribution in [-0.2, 0) is 14.7 Å². The van der Waals surface area contributed by atoms with E-state index >= 15 is 0 Å². The van der Waals surface area contributed by atoms with Gasteiger partial charge in [-0.05, 0) is 57.2 Å². The van der Waals surface area contributed by atoms with Crippen LogP contribution >= 0.6 is 0 Å². The van der Waals surface area contributed by atoms with Gasteiger partial charge in [-0.15, -0.1) is 0 Å². The summed E-state index contributed by atoms with van der Waals surface area (Å²) in [7, 11) is -3.71. The fraction of sp³-hybridized carbons (Fsp3) is 0.609. The maximum Gasteiger partial charge on any atom is 0.156 e. The second-order valence-corrected chi connectivity index (χ2v) is 12.1. The van der Waals surface area contributed by atoms with Gasteiger partial charge in [-0.2, -0.15) is 5.48 Å². The van der Waals surface area contributed by atoms with Gasteiger partial charge in [0.2, 0.25) is 0 Å². The van der Waals surface area contributed by atoms with E-state index in [1.54, 1.807) is 5.48 Å². The quantitative estimate of drug-likeness (QED) is 0.275. The molecular formula is C23H32N2O6S. The molecule has 0 saturated heterocycles. The molecule has 2 aliphatic rings. The number of nitrogens with zero attached hydrogens (tertiary/aromatic N) is 1. The van der Waals surface area contributed by atoms with Crippen LogP contribution in [0, 0.1) is 23.7 Å². The SMILES string of the molecule is CC(C)(O)C1CC(C#Cc2ccc(C3=NOC(CC(C)(C(O)NO)S(C)(=O)=O)C3)cc2)C1. The molecule has 8 nitrogen and oxygen atoms in total. The van der Waals surface area contributed by atoms with E-state index in [1.165, 1.54) is 6.92 Å². The van der Waals surface area contributed by atoms with Crippen LogP contribution in [0.1, 0.15) is 57.6 Å². The molecule has 3 atom stereocenters. The average Bonchev–Trinajstić information content (AvgIpc) is 3.12. The van der Waals surface area contributed by atoms with Crippen molar-refractivity contribution in [2.45, 2.75) is 69.1 Å². The summed E-state index contributed by atoms with van der Waals surface area (Å²) in [6.45, 7) is 5.04. The summed E-state index contributed by atoms with van der Waals surface area (Å²) < 4.78 is 22.8. The first-order valence-corrected chi connectivity index (χ1v) is 12.6. The number of sulfone groups is 1. The van der Waals surface area contributed by atoms with E-state index in [-0.39, 0.29) is 6.42 Å². The van der Waals surface area contributed by atoms with Crippen LogP contribution in [0.15, 0.2) is 29.4 Å². The highest BCUT2D eigenvalue weighted by Crippen LogP contribution is 2.40. The van der Waals surface area contributed by atoms with Crippen LogP contribution in [0.3, 0.4) is 0 Å². The van der Waals surface area contributed by atoms with Crippen molar-refractivity contribution in [2.24, 2.45) is 17.0 Å². The lowest BCUT2D eigenvalue weighted by atomic mass is 9.68. The van der Waals surface area contributed by atoms with Crippen LogP contribution < -0.4 is 5.48 Å². The summed E-state index contributed by atoms with van der Waals surface area (Å²) in [6.07, 6.45) is 0.984. The van der Waals surface area contributed by atoms with Crippen molar-refractivity contribution in [1.29, 1.82) is 0 Å². The molecule has 0 radical (unpaired) electrons. The molecule has 1 aliphatic heterocycles. The van der Waals surface area contributed by atoms with Crippen LogP contribution in [0.2, 0.25) is 0 Å². The highest BCUT2D eigenvalue weighted by Gasteiger charge is 2.46. The van der Waals surface area contributed by atoms with Crippen molar-refractivity contribution in [1.82, 2.24) is 5.48 Å². The van der Waals surface area contributed by atoms with Gasteiger partial charge in [0.15, 0.2) is 9.84 Å². The third-order valence-electron chi connectivity index (χ3n) is 6.69. The molecule has 1 aromatic rings. The predicted molar refractivity (Wildman–Crippen MR) is 121 cm³/mol. The van der Waals surface area contributed by atoms with Crippen LogP contribution in [0.4, 0.5) is 0 Å². The van der Waals surface area contributed by atoms with E-state index in [2.05, 4.69) is 17.0 Å². The minimum atomic E-state index is -3.71. The van der Waals surface area contributed by atoms with E-state index in [1.807, 2.05) is 38.1 Å². The first kappa shape index (κ1) is 24.7. The summed E-state index contributed by atoms with van der Waals surface area (Å²) in [4.78, 5) is 5.43. The normalized spacial score (nSPS) is 26.1. The van der Waals surface area contributed by atoms with Crippen molar-refractivity contribution in [2.75, 3.05) is 6.26 Å². The first-order valence-electron chi connectivity index (χ1n) is 10.7. The molecule has 0 amide bonds. The Morgan fingerprint density at radius 2 is 1.88 bits per heavy atom. The van der Waals surface area contributed by atoms with Crippen LogP contribution in [0.5, 0.6) is 0 Å². The van der Waals surface area contributed by atoms with Gasteiger partial charge < -0.3 is 20.3 Å². The van der Waals surface area contributed by atoms with Crippen LogP contribution in [-0.4, -0.2) is 58.5 Å². The minimum Gasteiger partial charge on any atom is -0.392 e. The smallest absolute Gasteiger partial charge is 0.156 e. The molecule has 3 unspecified atom stereocenters. The molecule has 4 N–H and O–H groups in total. The average molecular weight is 465 g/mol. The molecular weight excluding hydrogens is 432 g/mol. The molecule has 0 aromatic heterocycles. The fourth-order valence-electron chi connectivity index (χ4n) is 4.01. The zero-order valence-electron chi connectivity index (χ0n) is 18.9. The van der Waals surface area contributed by atoms with Gasteiger partial charge in [-0.1, -0.05) is 29.1 Å². The highest BCUT2D eigenvalue weighted by atomic mass is 32.2.